The van der Waals surface area contributed by atoms with Gasteiger partial charge < -0.3 is 24.4 Å². The summed E-state index contributed by atoms with van der Waals surface area (Å²) in [5.41, 5.74) is 1.05. The van der Waals surface area contributed by atoms with E-state index in [1.165, 1.54) is 12.4 Å². The highest BCUT2D eigenvalue weighted by atomic mass is 35.5. The third kappa shape index (κ3) is 5.09. The monoisotopic (exact) mass is 494 g/mol. The van der Waals surface area contributed by atoms with Crippen molar-refractivity contribution in [3.8, 4) is 18.0 Å². The number of aromatic nitrogens is 2. The number of ether oxygens (including phenoxy) is 3. The first kappa shape index (κ1) is 23.2. The molecule has 11 heteroatoms. The number of nitrogens with zero attached hydrogens (tertiary/aromatic N) is 5. The van der Waals surface area contributed by atoms with Crippen molar-refractivity contribution < 1.29 is 19.0 Å². The molecule has 2 unspecified atom stereocenters. The van der Waals surface area contributed by atoms with E-state index >= 15 is 0 Å². The molecule has 0 radical (unpaired) electrons. The summed E-state index contributed by atoms with van der Waals surface area (Å²) in [6.07, 6.45) is 2.99. The summed E-state index contributed by atoms with van der Waals surface area (Å²) >= 11 is 6.27. The van der Waals surface area contributed by atoms with Crippen LogP contribution in [0.15, 0.2) is 24.5 Å². The van der Waals surface area contributed by atoms with E-state index in [9.17, 15) is 10.1 Å². The minimum absolute atomic E-state index is 0.0816. The average molecular weight is 495 g/mol. The van der Waals surface area contributed by atoms with Gasteiger partial charge in [0.1, 0.15) is 18.5 Å². The largest absolute Gasteiger partial charge is 0.472 e. The van der Waals surface area contributed by atoms with Crippen LogP contribution in [0.2, 0.25) is 5.02 Å². The molecule has 2 atom stereocenters. The number of amides is 1. The van der Waals surface area contributed by atoms with Crippen molar-refractivity contribution in [1.82, 2.24) is 14.9 Å². The minimum atomic E-state index is -0.294. The third-order valence-corrected chi connectivity index (χ3v) is 6.74. The topological polar surface area (TPSA) is 133 Å². The number of likely N-dealkylation sites (tertiary alicyclic amines) is 1. The van der Waals surface area contributed by atoms with Gasteiger partial charge in [-0.1, -0.05) is 11.6 Å². The molecule has 1 aromatic heterocycles. The zero-order valence-electron chi connectivity index (χ0n) is 18.8. The molecular formula is C24H23ClN6O4. The van der Waals surface area contributed by atoms with Crippen molar-refractivity contribution in [3.05, 3.63) is 40.7 Å². The number of halogens is 1. The van der Waals surface area contributed by atoms with Gasteiger partial charge >= 0.3 is 6.09 Å². The molecule has 1 N–H and O–H groups in total. The lowest BCUT2D eigenvalue weighted by atomic mass is 9.84. The summed E-state index contributed by atoms with van der Waals surface area (Å²) in [6.45, 7) is 2.25. The molecule has 3 aliphatic rings. The number of nitrogens with one attached hydrogen (secondary N) is 1. The smallest absolute Gasteiger partial charge is 0.409 e. The summed E-state index contributed by atoms with van der Waals surface area (Å²) in [5.74, 6) is 0.739. The molecule has 2 bridgehead atoms. The van der Waals surface area contributed by atoms with Gasteiger partial charge in [0.05, 0.1) is 42.2 Å². The van der Waals surface area contributed by atoms with Gasteiger partial charge in [-0.15, -0.1) is 0 Å². The molecule has 180 valence electrons. The number of carbonyl (C=O) groups excluding carboxylic acids is 1. The Balaban J connectivity index is 1.31. The second-order valence-corrected chi connectivity index (χ2v) is 9.42. The van der Waals surface area contributed by atoms with Crippen LogP contribution in [-0.2, 0) is 9.47 Å². The summed E-state index contributed by atoms with van der Waals surface area (Å²) in [5, 5.41) is 22.3. The van der Waals surface area contributed by atoms with E-state index in [0.29, 0.717) is 55.1 Å². The van der Waals surface area contributed by atoms with Gasteiger partial charge in [0.25, 0.3) is 0 Å². The number of benzene rings is 1. The maximum Gasteiger partial charge on any atom is 0.409 e. The van der Waals surface area contributed by atoms with Gasteiger partial charge in [0.2, 0.25) is 5.88 Å². The molecule has 1 saturated carbocycles. The van der Waals surface area contributed by atoms with Crippen LogP contribution in [0.25, 0.3) is 0 Å². The van der Waals surface area contributed by atoms with Crippen LogP contribution in [0, 0.1) is 40.4 Å². The number of hydrogen-bond acceptors (Lipinski definition) is 9. The first-order chi connectivity index (χ1) is 17.1. The number of nitriles is 2. The summed E-state index contributed by atoms with van der Waals surface area (Å²) < 4.78 is 17.5. The van der Waals surface area contributed by atoms with Crippen molar-refractivity contribution in [2.75, 3.05) is 38.2 Å². The second kappa shape index (κ2) is 9.95. The molecule has 1 aromatic carbocycles. The minimum Gasteiger partial charge on any atom is -0.472 e. The van der Waals surface area contributed by atoms with Crippen LogP contribution in [0.4, 0.5) is 16.3 Å². The van der Waals surface area contributed by atoms with Gasteiger partial charge in [0.15, 0.2) is 11.4 Å². The summed E-state index contributed by atoms with van der Waals surface area (Å²) in [7, 11) is 0. The van der Waals surface area contributed by atoms with E-state index in [4.69, 9.17) is 31.1 Å². The number of rotatable bonds is 6. The number of hydrogen-bond donors (Lipinski definition) is 1. The first-order valence-corrected chi connectivity index (χ1v) is 11.8. The van der Waals surface area contributed by atoms with Gasteiger partial charge in [-0.3, -0.25) is 0 Å². The highest BCUT2D eigenvalue weighted by molar-refractivity contribution is 6.33. The Morgan fingerprint density at radius 3 is 2.63 bits per heavy atom. The zero-order chi connectivity index (χ0) is 24.4. The van der Waals surface area contributed by atoms with E-state index < -0.39 is 0 Å². The molecule has 2 aliphatic heterocycles. The Kier molecular flexibility index (Phi) is 6.58. The SMILES string of the molecule is N#Cc1ccc(Nc2ncnc(OC3C4COCC3CN(C(=O)OCC3CC3)C4)c2C#N)c(Cl)c1. The maximum absolute atomic E-state index is 12.5. The highest BCUT2D eigenvalue weighted by Gasteiger charge is 2.44. The molecule has 1 amide bonds. The normalized spacial score (nSPS) is 23.1. The summed E-state index contributed by atoms with van der Waals surface area (Å²) in [6, 6.07) is 8.93. The Hall–Kier alpha value is -3.60. The van der Waals surface area contributed by atoms with E-state index in [-0.39, 0.29) is 41.3 Å². The van der Waals surface area contributed by atoms with E-state index in [0.717, 1.165) is 12.8 Å². The third-order valence-electron chi connectivity index (χ3n) is 6.42. The zero-order valence-corrected chi connectivity index (χ0v) is 19.6. The molecule has 1 aliphatic carbocycles. The van der Waals surface area contributed by atoms with Gasteiger partial charge in [-0.25, -0.2) is 14.8 Å². The Morgan fingerprint density at radius 2 is 1.97 bits per heavy atom. The van der Waals surface area contributed by atoms with E-state index in [1.807, 2.05) is 6.07 Å². The van der Waals surface area contributed by atoms with Gasteiger partial charge in [0, 0.05) is 24.9 Å². The highest BCUT2D eigenvalue weighted by Crippen LogP contribution is 2.35. The fourth-order valence-electron chi connectivity index (χ4n) is 4.40. The average Bonchev–Trinajstić information content (AvgIpc) is 3.68. The quantitative estimate of drug-likeness (QED) is 0.640. The predicted molar refractivity (Wildman–Crippen MR) is 124 cm³/mol. The van der Waals surface area contributed by atoms with Crippen LogP contribution in [0.3, 0.4) is 0 Å². The van der Waals surface area contributed by atoms with Crippen LogP contribution < -0.4 is 10.1 Å². The number of anilines is 2. The molecule has 3 fully saturated rings. The standard InChI is InChI=1S/C24H23ClN6O4/c25-19-5-15(6-26)3-4-20(19)30-22-18(7-27)23(29-13-28-22)35-21-16-8-31(9-17(21)12-33-11-16)24(32)34-10-14-1-2-14/h3-5,13-14,16-17,21H,1-2,8-12H2,(H,28,29,30). The van der Waals surface area contributed by atoms with Crippen molar-refractivity contribution in [1.29, 1.82) is 10.5 Å². The van der Waals surface area contributed by atoms with Crippen LogP contribution >= 0.6 is 11.6 Å². The first-order valence-electron chi connectivity index (χ1n) is 11.4. The number of piperidine rings is 1. The Morgan fingerprint density at radius 1 is 1.20 bits per heavy atom. The van der Waals surface area contributed by atoms with Gasteiger partial charge in [-0.2, -0.15) is 10.5 Å². The maximum atomic E-state index is 12.5. The molecular weight excluding hydrogens is 472 g/mol. The van der Waals surface area contributed by atoms with E-state index in [1.54, 1.807) is 17.0 Å². The molecule has 0 spiro atoms. The van der Waals surface area contributed by atoms with Crippen LogP contribution in [0.5, 0.6) is 5.88 Å². The Bertz CT molecular complexity index is 1190. The lowest BCUT2D eigenvalue weighted by molar-refractivity contribution is -0.110. The molecule has 3 heterocycles. The molecule has 2 aromatic rings. The van der Waals surface area contributed by atoms with Crippen molar-refractivity contribution in [2.45, 2.75) is 18.9 Å². The number of carbonyl (C=O) groups is 1. The fourth-order valence-corrected chi connectivity index (χ4v) is 4.63. The van der Waals surface area contributed by atoms with Crippen LogP contribution in [-0.4, -0.2) is 60.0 Å². The molecule has 10 nitrogen and oxygen atoms in total. The van der Waals surface area contributed by atoms with Crippen molar-refractivity contribution in [3.63, 3.8) is 0 Å². The fraction of sp³-hybridized carbons (Fsp3) is 0.458. The van der Waals surface area contributed by atoms with Crippen molar-refractivity contribution >= 4 is 29.2 Å². The lowest BCUT2D eigenvalue weighted by Crippen LogP contribution is -2.58. The predicted octanol–water partition coefficient (Wildman–Crippen LogP) is 3.49. The van der Waals surface area contributed by atoms with Gasteiger partial charge in [-0.05, 0) is 37.0 Å². The van der Waals surface area contributed by atoms with Crippen LogP contribution in [0.1, 0.15) is 24.0 Å². The molecule has 5 rings (SSSR count). The molecule has 2 saturated heterocycles. The second-order valence-electron chi connectivity index (χ2n) is 9.01. The molecule has 35 heavy (non-hydrogen) atoms. The van der Waals surface area contributed by atoms with E-state index in [2.05, 4.69) is 21.4 Å². The lowest BCUT2D eigenvalue weighted by Gasteiger charge is -2.45. The van der Waals surface area contributed by atoms with Crippen molar-refractivity contribution in [2.24, 2.45) is 17.8 Å². The number of fused-ring (bicyclic) bond motifs is 2. The Labute approximate surface area is 207 Å². The summed E-state index contributed by atoms with van der Waals surface area (Å²) in [4.78, 5) is 22.7.